The van der Waals surface area contributed by atoms with Gasteiger partial charge in [0.25, 0.3) is 0 Å². The van der Waals surface area contributed by atoms with Crippen LogP contribution in [0.2, 0.25) is 0 Å². The van der Waals surface area contributed by atoms with Crippen LogP contribution in [0.25, 0.3) is 0 Å². The molecule has 0 atom stereocenters. The molecule has 0 aliphatic heterocycles. The van der Waals surface area contributed by atoms with E-state index in [-0.39, 0.29) is 5.78 Å². The number of nitrogens with zero attached hydrogens (tertiary/aromatic N) is 1. The van der Waals surface area contributed by atoms with Gasteiger partial charge in [0.2, 0.25) is 0 Å². The van der Waals surface area contributed by atoms with Crippen molar-refractivity contribution in [3.63, 3.8) is 0 Å². The van der Waals surface area contributed by atoms with Gasteiger partial charge in [0.05, 0.1) is 0 Å². The van der Waals surface area contributed by atoms with Gasteiger partial charge < -0.3 is 5.32 Å². The van der Waals surface area contributed by atoms with Crippen molar-refractivity contribution in [2.75, 3.05) is 6.54 Å². The number of nitrogens with one attached hydrogen (secondary N) is 1. The molecule has 1 heterocycles. The number of hydrogen-bond donors (Lipinski definition) is 1. The van der Waals surface area contributed by atoms with Crippen LogP contribution >= 0.6 is 15.9 Å². The summed E-state index contributed by atoms with van der Waals surface area (Å²) in [6.07, 6.45) is 4.49. The molecule has 0 aromatic carbocycles. The number of rotatable bonds is 6. The summed E-state index contributed by atoms with van der Waals surface area (Å²) in [5.74, 6) is 0.244. The van der Waals surface area contributed by atoms with E-state index in [0.717, 1.165) is 16.6 Å². The molecule has 88 valence electrons. The van der Waals surface area contributed by atoms with Crippen LogP contribution in [-0.4, -0.2) is 23.4 Å². The lowest BCUT2D eigenvalue weighted by molar-refractivity contribution is -0.118. The lowest BCUT2D eigenvalue weighted by Crippen LogP contribution is -2.25. The first kappa shape index (κ1) is 13.3. The van der Waals surface area contributed by atoms with E-state index in [2.05, 4.69) is 40.1 Å². The number of ketones is 1. The number of hydrogen-bond acceptors (Lipinski definition) is 3. The Morgan fingerprint density at radius 1 is 1.50 bits per heavy atom. The molecular formula is C12H17BrN2O. The average Bonchev–Trinajstić information content (AvgIpc) is 2.16. The first-order valence-electron chi connectivity index (χ1n) is 5.42. The highest BCUT2D eigenvalue weighted by molar-refractivity contribution is 9.10. The molecule has 0 saturated carbocycles. The summed E-state index contributed by atoms with van der Waals surface area (Å²) < 4.78 is 0.915. The minimum atomic E-state index is 0.244. The molecule has 16 heavy (non-hydrogen) atoms. The quantitative estimate of drug-likeness (QED) is 0.872. The molecule has 3 nitrogen and oxygen atoms in total. The van der Waals surface area contributed by atoms with Gasteiger partial charge in [-0.2, -0.15) is 0 Å². The summed E-state index contributed by atoms with van der Waals surface area (Å²) in [6, 6.07) is 2.36. The standard InChI is InChI=1S/C12H17BrN2O/c1-9(2)15-4-3-12(16)6-10-5-11(13)8-14-7-10/h5,7-9,15H,3-4,6H2,1-2H3. The molecule has 0 saturated heterocycles. The second-order valence-corrected chi connectivity index (χ2v) is 5.00. The topological polar surface area (TPSA) is 42.0 Å². The van der Waals surface area contributed by atoms with Crippen LogP contribution in [0.15, 0.2) is 22.9 Å². The molecule has 0 aliphatic carbocycles. The molecule has 0 amide bonds. The van der Waals surface area contributed by atoms with Gasteiger partial charge in [0.15, 0.2) is 0 Å². The van der Waals surface area contributed by atoms with E-state index in [4.69, 9.17) is 0 Å². The van der Waals surface area contributed by atoms with Crippen molar-refractivity contribution in [2.45, 2.75) is 32.7 Å². The average molecular weight is 285 g/mol. The monoisotopic (exact) mass is 284 g/mol. The van der Waals surface area contributed by atoms with Crippen LogP contribution in [0.3, 0.4) is 0 Å². The molecule has 0 bridgehead atoms. The Labute approximate surface area is 105 Å². The second kappa shape index (κ2) is 6.76. The Hall–Kier alpha value is -0.740. The van der Waals surface area contributed by atoms with Gasteiger partial charge in [-0.05, 0) is 27.6 Å². The Kier molecular flexibility index (Phi) is 5.63. The number of halogens is 1. The molecule has 0 spiro atoms. The number of carbonyl (C=O) groups is 1. The van der Waals surface area contributed by atoms with Crippen molar-refractivity contribution in [1.82, 2.24) is 10.3 Å². The van der Waals surface area contributed by atoms with E-state index >= 15 is 0 Å². The van der Waals surface area contributed by atoms with Crippen molar-refractivity contribution in [1.29, 1.82) is 0 Å². The zero-order valence-corrected chi connectivity index (χ0v) is 11.3. The maximum Gasteiger partial charge on any atom is 0.138 e. The highest BCUT2D eigenvalue weighted by Gasteiger charge is 2.04. The summed E-state index contributed by atoms with van der Waals surface area (Å²) in [5.41, 5.74) is 0.962. The largest absolute Gasteiger partial charge is 0.314 e. The highest BCUT2D eigenvalue weighted by Crippen LogP contribution is 2.10. The minimum absolute atomic E-state index is 0.244. The van der Waals surface area contributed by atoms with Gasteiger partial charge in [-0.25, -0.2) is 0 Å². The number of pyridine rings is 1. The van der Waals surface area contributed by atoms with E-state index in [0.29, 0.717) is 18.9 Å². The predicted octanol–water partition coefficient (Wildman–Crippen LogP) is 2.34. The first-order valence-corrected chi connectivity index (χ1v) is 6.21. The summed E-state index contributed by atoms with van der Waals surface area (Å²) >= 11 is 3.34. The Bertz CT molecular complexity index is 353. The maximum atomic E-state index is 11.6. The maximum absolute atomic E-state index is 11.6. The fraction of sp³-hybridized carbons (Fsp3) is 0.500. The lowest BCUT2D eigenvalue weighted by atomic mass is 10.1. The van der Waals surface area contributed by atoms with E-state index in [1.165, 1.54) is 0 Å². The van der Waals surface area contributed by atoms with E-state index in [9.17, 15) is 4.79 Å². The lowest BCUT2D eigenvalue weighted by Gasteiger charge is -2.07. The van der Waals surface area contributed by atoms with Crippen molar-refractivity contribution in [3.8, 4) is 0 Å². The fourth-order valence-corrected chi connectivity index (χ4v) is 1.78. The van der Waals surface area contributed by atoms with Crippen LogP contribution in [0.4, 0.5) is 0 Å². The van der Waals surface area contributed by atoms with Crippen LogP contribution in [0, 0.1) is 0 Å². The molecule has 1 rings (SSSR count). The third-order valence-electron chi connectivity index (χ3n) is 2.12. The SMILES string of the molecule is CC(C)NCCC(=O)Cc1cncc(Br)c1. The second-order valence-electron chi connectivity index (χ2n) is 4.09. The summed E-state index contributed by atoms with van der Waals surface area (Å²) in [7, 11) is 0. The fourth-order valence-electron chi connectivity index (χ4n) is 1.37. The molecule has 4 heteroatoms. The highest BCUT2D eigenvalue weighted by atomic mass is 79.9. The zero-order chi connectivity index (χ0) is 12.0. The zero-order valence-electron chi connectivity index (χ0n) is 9.66. The molecular weight excluding hydrogens is 268 g/mol. The normalized spacial score (nSPS) is 10.8. The van der Waals surface area contributed by atoms with E-state index in [1.54, 1.807) is 12.4 Å². The third-order valence-corrected chi connectivity index (χ3v) is 2.55. The van der Waals surface area contributed by atoms with Gasteiger partial charge in [0, 0.05) is 42.3 Å². The van der Waals surface area contributed by atoms with Crippen LogP contribution < -0.4 is 5.32 Å². The van der Waals surface area contributed by atoms with Gasteiger partial charge in [0.1, 0.15) is 5.78 Å². The first-order chi connectivity index (χ1) is 7.58. The number of aromatic nitrogens is 1. The van der Waals surface area contributed by atoms with Crippen molar-refractivity contribution in [3.05, 3.63) is 28.5 Å². The summed E-state index contributed by atoms with van der Waals surface area (Å²) in [4.78, 5) is 15.7. The smallest absolute Gasteiger partial charge is 0.138 e. The van der Waals surface area contributed by atoms with Crippen LogP contribution in [0.5, 0.6) is 0 Å². The number of Topliss-reactive ketones (excluding diaryl/α,β-unsaturated/α-hetero) is 1. The van der Waals surface area contributed by atoms with Gasteiger partial charge >= 0.3 is 0 Å². The van der Waals surface area contributed by atoms with Crippen molar-refractivity contribution < 1.29 is 4.79 Å². The number of carbonyl (C=O) groups excluding carboxylic acids is 1. The predicted molar refractivity (Wildman–Crippen MR) is 68.4 cm³/mol. The molecule has 0 unspecified atom stereocenters. The van der Waals surface area contributed by atoms with E-state index < -0.39 is 0 Å². The Morgan fingerprint density at radius 3 is 2.88 bits per heavy atom. The Morgan fingerprint density at radius 2 is 2.25 bits per heavy atom. The van der Waals surface area contributed by atoms with Gasteiger partial charge in [-0.3, -0.25) is 9.78 Å². The Balaban J connectivity index is 2.34. The van der Waals surface area contributed by atoms with Gasteiger partial charge in [-0.15, -0.1) is 0 Å². The molecule has 0 radical (unpaired) electrons. The molecule has 1 aromatic rings. The summed E-state index contributed by atoms with van der Waals surface area (Å²) in [5, 5.41) is 3.23. The van der Waals surface area contributed by atoms with Crippen LogP contribution in [-0.2, 0) is 11.2 Å². The van der Waals surface area contributed by atoms with Crippen LogP contribution in [0.1, 0.15) is 25.8 Å². The molecule has 1 N–H and O–H groups in total. The van der Waals surface area contributed by atoms with Crippen molar-refractivity contribution >= 4 is 21.7 Å². The molecule has 0 aliphatic rings. The van der Waals surface area contributed by atoms with Crippen molar-refractivity contribution in [2.24, 2.45) is 0 Å². The van der Waals surface area contributed by atoms with E-state index in [1.807, 2.05) is 6.07 Å². The summed E-state index contributed by atoms with van der Waals surface area (Å²) in [6.45, 7) is 4.89. The third kappa shape index (κ3) is 5.37. The van der Waals surface area contributed by atoms with Gasteiger partial charge in [-0.1, -0.05) is 13.8 Å². The minimum Gasteiger partial charge on any atom is -0.314 e. The molecule has 0 fully saturated rings. The molecule has 1 aromatic heterocycles.